The number of ether oxygens (including phenoxy) is 6. The van der Waals surface area contributed by atoms with Crippen LogP contribution in [0.5, 0.6) is 0 Å². The lowest BCUT2D eigenvalue weighted by molar-refractivity contribution is -0.191. The third kappa shape index (κ3) is 5.63. The van der Waals surface area contributed by atoms with Crippen LogP contribution < -0.4 is 0 Å². The van der Waals surface area contributed by atoms with Crippen molar-refractivity contribution in [3.8, 4) is 0 Å². The molecule has 2 saturated heterocycles. The second-order valence-electron chi connectivity index (χ2n) is 8.44. The Labute approximate surface area is 156 Å². The number of carbonyl (C=O) groups is 1. The van der Waals surface area contributed by atoms with Crippen molar-refractivity contribution in [1.82, 2.24) is 0 Å². The molecule has 0 saturated carbocycles. The minimum atomic E-state index is -0.654. The van der Waals surface area contributed by atoms with Gasteiger partial charge in [0, 0.05) is 0 Å². The first-order chi connectivity index (χ1) is 12.0. The molecule has 0 aromatic heterocycles. The van der Waals surface area contributed by atoms with Gasteiger partial charge in [-0.3, -0.25) is 4.79 Å². The summed E-state index contributed by atoms with van der Waals surface area (Å²) in [6.45, 7) is 14.5. The van der Waals surface area contributed by atoms with Crippen molar-refractivity contribution in [2.45, 2.75) is 84.8 Å². The first kappa shape index (κ1) is 21.6. The molecule has 2 unspecified atom stereocenters. The number of hydrogen-bond donors (Lipinski definition) is 0. The molecule has 2 heterocycles. The van der Waals surface area contributed by atoms with Crippen molar-refractivity contribution in [3.05, 3.63) is 0 Å². The average Bonchev–Trinajstić information content (AvgIpc) is 3.08. The van der Waals surface area contributed by atoms with Crippen LogP contribution in [0.15, 0.2) is 0 Å². The molecular weight excluding hydrogens is 340 g/mol. The summed E-state index contributed by atoms with van der Waals surface area (Å²) in [4.78, 5) is 12.1. The molecule has 7 heteroatoms. The highest BCUT2D eigenvalue weighted by atomic mass is 16.8. The predicted octanol–water partition coefficient (Wildman–Crippen LogP) is 2.65. The normalized spacial score (nSPS) is 28.9. The van der Waals surface area contributed by atoms with Crippen LogP contribution in [0.1, 0.15) is 54.9 Å². The van der Waals surface area contributed by atoms with E-state index in [0.29, 0.717) is 13.2 Å². The second-order valence-corrected chi connectivity index (χ2v) is 8.44. The maximum Gasteiger partial charge on any atom is 0.311 e. The van der Waals surface area contributed by atoms with Gasteiger partial charge in [0.05, 0.1) is 25.2 Å². The quantitative estimate of drug-likeness (QED) is 0.478. The van der Waals surface area contributed by atoms with Crippen LogP contribution in [-0.2, 0) is 33.2 Å². The van der Waals surface area contributed by atoms with E-state index in [1.165, 1.54) is 0 Å². The van der Waals surface area contributed by atoms with Gasteiger partial charge < -0.3 is 28.4 Å². The number of esters is 1. The Kier molecular flexibility index (Phi) is 6.72. The Balaban J connectivity index is 1.90. The van der Waals surface area contributed by atoms with Gasteiger partial charge in [-0.15, -0.1) is 0 Å². The van der Waals surface area contributed by atoms with E-state index in [1.54, 1.807) is 0 Å². The van der Waals surface area contributed by atoms with Gasteiger partial charge in [-0.1, -0.05) is 6.92 Å². The van der Waals surface area contributed by atoms with Crippen LogP contribution in [0.4, 0.5) is 0 Å². The summed E-state index contributed by atoms with van der Waals surface area (Å²) < 4.78 is 34.6. The number of hydrogen-bond acceptors (Lipinski definition) is 7. The lowest BCUT2D eigenvalue weighted by atomic mass is 9.91. The minimum absolute atomic E-state index is 0.187. The van der Waals surface area contributed by atoms with Gasteiger partial charge in [0.2, 0.25) is 0 Å². The molecule has 2 aliphatic rings. The molecule has 0 radical (unpaired) electrons. The third-order valence-electron chi connectivity index (χ3n) is 4.86. The summed E-state index contributed by atoms with van der Waals surface area (Å²) in [7, 11) is 0. The van der Waals surface area contributed by atoms with E-state index in [-0.39, 0.29) is 37.5 Å². The van der Waals surface area contributed by atoms with Crippen LogP contribution >= 0.6 is 0 Å². The highest BCUT2D eigenvalue weighted by molar-refractivity contribution is 5.75. The Hall–Kier alpha value is -0.730. The summed E-state index contributed by atoms with van der Waals surface area (Å²) in [5, 5.41) is 0. The first-order valence-corrected chi connectivity index (χ1v) is 9.38. The maximum atomic E-state index is 12.1. The van der Waals surface area contributed by atoms with Crippen molar-refractivity contribution in [2.24, 2.45) is 5.41 Å². The molecule has 0 N–H and O–H groups in total. The molecular formula is C19H34O7. The van der Waals surface area contributed by atoms with Gasteiger partial charge in [-0.2, -0.15) is 0 Å². The van der Waals surface area contributed by atoms with Crippen molar-refractivity contribution in [1.29, 1.82) is 0 Å². The lowest BCUT2D eigenvalue weighted by Gasteiger charge is -2.29. The molecule has 152 valence electrons. The van der Waals surface area contributed by atoms with Crippen molar-refractivity contribution in [2.75, 3.05) is 26.4 Å². The predicted molar refractivity (Wildman–Crippen MR) is 94.6 cm³/mol. The van der Waals surface area contributed by atoms with Gasteiger partial charge in [0.25, 0.3) is 0 Å². The SMILES string of the molecule is CCC(C)(C)C(=O)OCCOC(C1COC(C)(C)O1)C1COC(C)(C)O1. The van der Waals surface area contributed by atoms with Gasteiger partial charge in [-0.25, -0.2) is 0 Å². The molecule has 0 aliphatic carbocycles. The Morgan fingerprint density at radius 2 is 1.54 bits per heavy atom. The van der Waals surface area contributed by atoms with E-state index >= 15 is 0 Å². The van der Waals surface area contributed by atoms with E-state index in [2.05, 4.69) is 0 Å². The molecule has 26 heavy (non-hydrogen) atoms. The zero-order valence-corrected chi connectivity index (χ0v) is 17.1. The van der Waals surface area contributed by atoms with E-state index in [0.717, 1.165) is 6.42 Å². The molecule has 2 atom stereocenters. The molecule has 0 amide bonds. The van der Waals surface area contributed by atoms with E-state index in [9.17, 15) is 4.79 Å². The molecule has 0 bridgehead atoms. The summed E-state index contributed by atoms with van der Waals surface area (Å²) in [5.74, 6) is -1.53. The first-order valence-electron chi connectivity index (χ1n) is 9.38. The standard InChI is InChI=1S/C19H34O7/c1-8-17(2,3)16(20)22-10-9-21-15(13-11-23-18(4,5)25-13)14-12-24-19(6,7)26-14/h13-15H,8-12H2,1-7H3. The zero-order valence-electron chi connectivity index (χ0n) is 17.1. The number of carbonyl (C=O) groups excluding carboxylic acids is 1. The fourth-order valence-electron chi connectivity index (χ4n) is 2.87. The summed E-state index contributed by atoms with van der Waals surface area (Å²) in [6, 6.07) is 0. The average molecular weight is 374 g/mol. The van der Waals surface area contributed by atoms with Crippen LogP contribution in [0.3, 0.4) is 0 Å². The fourth-order valence-corrected chi connectivity index (χ4v) is 2.87. The summed E-state index contributed by atoms with van der Waals surface area (Å²) in [5.41, 5.74) is -0.488. The van der Waals surface area contributed by atoms with Crippen LogP contribution in [0.2, 0.25) is 0 Å². The van der Waals surface area contributed by atoms with Gasteiger partial charge in [-0.05, 0) is 48.0 Å². The van der Waals surface area contributed by atoms with Gasteiger partial charge in [0.1, 0.15) is 24.9 Å². The topological polar surface area (TPSA) is 72.5 Å². The Morgan fingerprint density at radius 1 is 1.04 bits per heavy atom. The molecule has 0 spiro atoms. The van der Waals surface area contributed by atoms with Crippen molar-refractivity contribution in [3.63, 3.8) is 0 Å². The molecule has 2 fully saturated rings. The van der Waals surface area contributed by atoms with Crippen LogP contribution in [0, 0.1) is 5.41 Å². The third-order valence-corrected chi connectivity index (χ3v) is 4.86. The van der Waals surface area contributed by atoms with Crippen LogP contribution in [0.25, 0.3) is 0 Å². The van der Waals surface area contributed by atoms with Crippen molar-refractivity contribution >= 4 is 5.97 Å². The van der Waals surface area contributed by atoms with Crippen LogP contribution in [-0.4, -0.2) is 62.3 Å². The maximum absolute atomic E-state index is 12.1. The minimum Gasteiger partial charge on any atom is -0.463 e. The zero-order chi connectivity index (χ0) is 19.6. The molecule has 2 aliphatic heterocycles. The molecule has 0 aromatic carbocycles. The fraction of sp³-hybridized carbons (Fsp3) is 0.947. The smallest absolute Gasteiger partial charge is 0.311 e. The summed E-state index contributed by atoms with van der Waals surface area (Å²) >= 11 is 0. The highest BCUT2D eigenvalue weighted by Gasteiger charge is 2.46. The van der Waals surface area contributed by atoms with Crippen molar-refractivity contribution < 1.29 is 33.2 Å². The van der Waals surface area contributed by atoms with E-state index in [4.69, 9.17) is 28.4 Å². The molecule has 0 aromatic rings. The van der Waals surface area contributed by atoms with Gasteiger partial charge >= 0.3 is 5.97 Å². The van der Waals surface area contributed by atoms with E-state index < -0.39 is 17.0 Å². The Morgan fingerprint density at radius 3 is 1.92 bits per heavy atom. The lowest BCUT2D eigenvalue weighted by Crippen LogP contribution is -2.44. The van der Waals surface area contributed by atoms with Gasteiger partial charge in [0.15, 0.2) is 11.6 Å². The largest absolute Gasteiger partial charge is 0.463 e. The summed E-state index contributed by atoms with van der Waals surface area (Å²) in [6.07, 6.45) is -0.179. The van der Waals surface area contributed by atoms with E-state index in [1.807, 2.05) is 48.5 Å². The highest BCUT2D eigenvalue weighted by Crippen LogP contribution is 2.32. The monoisotopic (exact) mass is 374 g/mol. The molecule has 2 rings (SSSR count). The second kappa shape index (κ2) is 8.10. The Bertz CT molecular complexity index is 460. The molecule has 7 nitrogen and oxygen atoms in total. The number of rotatable bonds is 8.